The first kappa shape index (κ1) is 16.9. The molecule has 2 aromatic carbocycles. The van der Waals surface area contributed by atoms with Crippen molar-refractivity contribution in [1.82, 2.24) is 0 Å². The summed E-state index contributed by atoms with van der Waals surface area (Å²) >= 11 is 0. The van der Waals surface area contributed by atoms with Crippen molar-refractivity contribution in [1.29, 1.82) is 0 Å². The van der Waals surface area contributed by atoms with Gasteiger partial charge in [-0.2, -0.15) is 0 Å². The second-order valence-corrected chi connectivity index (χ2v) is 5.01. The molecule has 8 heteroatoms. The molecule has 0 aliphatic rings. The van der Waals surface area contributed by atoms with Crippen LogP contribution >= 0.6 is 0 Å². The number of anilines is 1. The predicted molar refractivity (Wildman–Crippen MR) is 91.0 cm³/mol. The number of rotatable bonds is 6. The van der Waals surface area contributed by atoms with Gasteiger partial charge in [0.25, 0.3) is 0 Å². The lowest BCUT2D eigenvalue weighted by Gasteiger charge is -2.20. The van der Waals surface area contributed by atoms with Crippen molar-refractivity contribution in [3.8, 4) is 0 Å². The van der Waals surface area contributed by atoms with Crippen molar-refractivity contribution in [2.24, 2.45) is 10.2 Å². The van der Waals surface area contributed by atoms with E-state index < -0.39 is 12.1 Å². The average Bonchev–Trinajstić information content (AvgIpc) is 2.59. The Bertz CT molecular complexity index is 791. The van der Waals surface area contributed by atoms with Gasteiger partial charge < -0.3 is 5.32 Å². The molecule has 24 heavy (non-hydrogen) atoms. The van der Waals surface area contributed by atoms with Crippen LogP contribution in [0, 0.1) is 0 Å². The SMILES string of the molecule is CC(=O)Nc1ccc([C@@H](N=[N+]=[N-])[C@@H](N=[N+]=[N-])c2ccccc2)cc1. The molecule has 2 aromatic rings. The monoisotopic (exact) mass is 321 g/mol. The summed E-state index contributed by atoms with van der Waals surface area (Å²) in [5, 5.41) is 10.3. The summed E-state index contributed by atoms with van der Waals surface area (Å²) in [7, 11) is 0. The lowest BCUT2D eigenvalue weighted by molar-refractivity contribution is -0.114. The van der Waals surface area contributed by atoms with Crippen LogP contribution < -0.4 is 5.32 Å². The summed E-state index contributed by atoms with van der Waals surface area (Å²) in [6, 6.07) is 14.6. The van der Waals surface area contributed by atoms with E-state index in [-0.39, 0.29) is 5.91 Å². The Kier molecular flexibility index (Phi) is 5.80. The maximum absolute atomic E-state index is 11.1. The van der Waals surface area contributed by atoms with Crippen molar-refractivity contribution in [2.45, 2.75) is 19.0 Å². The normalized spacial score (nSPS) is 12.2. The molecule has 0 aliphatic heterocycles. The number of hydrogen-bond acceptors (Lipinski definition) is 3. The molecular formula is C16H15N7O. The van der Waals surface area contributed by atoms with Gasteiger partial charge in [-0.05, 0) is 34.3 Å². The number of nitrogens with one attached hydrogen (secondary N) is 1. The molecule has 0 aromatic heterocycles. The summed E-state index contributed by atoms with van der Waals surface area (Å²) in [5.74, 6) is -0.175. The van der Waals surface area contributed by atoms with Gasteiger partial charge in [0.1, 0.15) is 0 Å². The van der Waals surface area contributed by atoms with Gasteiger partial charge in [0, 0.05) is 22.4 Å². The molecule has 0 saturated carbocycles. The molecule has 0 saturated heterocycles. The topological polar surface area (TPSA) is 127 Å². The number of azide groups is 2. The average molecular weight is 321 g/mol. The predicted octanol–water partition coefficient (Wildman–Crippen LogP) is 5.05. The van der Waals surface area contributed by atoms with Crippen molar-refractivity contribution in [3.05, 3.63) is 86.6 Å². The number of amides is 1. The van der Waals surface area contributed by atoms with E-state index in [1.165, 1.54) is 6.92 Å². The highest BCUT2D eigenvalue weighted by molar-refractivity contribution is 5.88. The third-order valence-electron chi connectivity index (χ3n) is 3.36. The van der Waals surface area contributed by atoms with Crippen LogP contribution in [-0.4, -0.2) is 5.91 Å². The second-order valence-electron chi connectivity index (χ2n) is 5.01. The van der Waals surface area contributed by atoms with Crippen LogP contribution in [-0.2, 0) is 4.79 Å². The van der Waals surface area contributed by atoms with Crippen LogP contribution in [0.15, 0.2) is 64.8 Å². The summed E-state index contributed by atoms with van der Waals surface area (Å²) < 4.78 is 0. The molecule has 0 spiro atoms. The Labute approximate surface area is 138 Å². The number of carbonyl (C=O) groups excluding carboxylic acids is 1. The molecule has 120 valence electrons. The third kappa shape index (κ3) is 4.27. The van der Waals surface area contributed by atoms with E-state index in [0.717, 1.165) is 5.56 Å². The van der Waals surface area contributed by atoms with Crippen LogP contribution in [0.5, 0.6) is 0 Å². The smallest absolute Gasteiger partial charge is 0.221 e. The van der Waals surface area contributed by atoms with Gasteiger partial charge in [-0.25, -0.2) is 0 Å². The molecule has 2 rings (SSSR count). The van der Waals surface area contributed by atoms with E-state index in [2.05, 4.69) is 25.4 Å². The highest BCUT2D eigenvalue weighted by atomic mass is 16.1. The minimum atomic E-state index is -0.695. The van der Waals surface area contributed by atoms with Crippen LogP contribution in [0.2, 0.25) is 0 Å². The van der Waals surface area contributed by atoms with Crippen LogP contribution in [0.1, 0.15) is 30.1 Å². The Morgan fingerprint density at radius 3 is 1.88 bits per heavy atom. The Morgan fingerprint density at radius 2 is 1.42 bits per heavy atom. The zero-order chi connectivity index (χ0) is 17.4. The molecule has 2 atom stereocenters. The first-order valence-electron chi connectivity index (χ1n) is 7.16. The number of benzene rings is 2. The van der Waals surface area contributed by atoms with E-state index in [1.807, 2.05) is 30.3 Å². The minimum Gasteiger partial charge on any atom is -0.326 e. The van der Waals surface area contributed by atoms with Gasteiger partial charge in [0.05, 0.1) is 12.1 Å². The van der Waals surface area contributed by atoms with Gasteiger partial charge in [-0.15, -0.1) is 0 Å². The summed E-state index contributed by atoms with van der Waals surface area (Å²) in [6.45, 7) is 1.42. The number of nitrogens with zero attached hydrogens (tertiary/aromatic N) is 6. The van der Waals surface area contributed by atoms with Crippen LogP contribution in [0.3, 0.4) is 0 Å². The minimum absolute atomic E-state index is 0.175. The fourth-order valence-corrected chi connectivity index (χ4v) is 2.35. The van der Waals surface area contributed by atoms with Crippen LogP contribution in [0.4, 0.5) is 5.69 Å². The molecule has 0 aliphatic carbocycles. The van der Waals surface area contributed by atoms with E-state index in [4.69, 9.17) is 11.1 Å². The first-order chi connectivity index (χ1) is 11.7. The molecule has 0 radical (unpaired) electrons. The molecule has 0 bridgehead atoms. The van der Waals surface area contributed by atoms with E-state index in [0.29, 0.717) is 11.3 Å². The quantitative estimate of drug-likeness (QED) is 0.446. The summed E-state index contributed by atoms with van der Waals surface area (Å²) in [4.78, 5) is 16.8. The molecule has 1 amide bonds. The van der Waals surface area contributed by atoms with Crippen molar-refractivity contribution < 1.29 is 4.79 Å². The Morgan fingerprint density at radius 1 is 0.917 bits per heavy atom. The first-order valence-corrected chi connectivity index (χ1v) is 7.16. The maximum atomic E-state index is 11.1. The van der Waals surface area contributed by atoms with E-state index in [1.54, 1.807) is 24.3 Å². The molecule has 8 nitrogen and oxygen atoms in total. The van der Waals surface area contributed by atoms with Gasteiger partial charge in [0.15, 0.2) is 0 Å². The van der Waals surface area contributed by atoms with E-state index >= 15 is 0 Å². The fourth-order valence-electron chi connectivity index (χ4n) is 2.35. The van der Waals surface area contributed by atoms with Gasteiger partial charge in [-0.3, -0.25) is 4.79 Å². The van der Waals surface area contributed by atoms with Crippen LogP contribution in [0.25, 0.3) is 20.9 Å². The van der Waals surface area contributed by atoms with Crippen molar-refractivity contribution in [3.63, 3.8) is 0 Å². The Hall–Kier alpha value is -3.47. The highest BCUT2D eigenvalue weighted by Crippen LogP contribution is 2.36. The standard InChI is InChI=1S/C16H15N7O/c1-11(24)19-14-9-7-13(8-10-14)16(21-23-18)15(20-22-17)12-5-3-2-4-6-12/h2-10,15-16H,1H3,(H,19,24)/t15-,16+/m0/s1. The van der Waals surface area contributed by atoms with Gasteiger partial charge in [0.2, 0.25) is 5.91 Å². The van der Waals surface area contributed by atoms with E-state index in [9.17, 15) is 4.79 Å². The molecular weight excluding hydrogens is 306 g/mol. The second kappa shape index (κ2) is 8.24. The Balaban J connectivity index is 2.41. The van der Waals surface area contributed by atoms with Crippen molar-refractivity contribution >= 4 is 11.6 Å². The van der Waals surface area contributed by atoms with Gasteiger partial charge in [-0.1, -0.05) is 52.7 Å². The number of carbonyl (C=O) groups is 1. The van der Waals surface area contributed by atoms with Crippen molar-refractivity contribution in [2.75, 3.05) is 5.32 Å². The van der Waals surface area contributed by atoms with Gasteiger partial charge >= 0.3 is 0 Å². The zero-order valence-corrected chi connectivity index (χ0v) is 12.9. The lowest BCUT2D eigenvalue weighted by atomic mass is 9.94. The third-order valence-corrected chi connectivity index (χ3v) is 3.36. The molecule has 0 fully saturated rings. The fraction of sp³-hybridized carbons (Fsp3) is 0.188. The summed E-state index contributed by atoms with van der Waals surface area (Å²) in [6.07, 6.45) is 0. The molecule has 1 N–H and O–H groups in total. The summed E-state index contributed by atoms with van der Waals surface area (Å²) in [5.41, 5.74) is 19.8. The maximum Gasteiger partial charge on any atom is 0.221 e. The zero-order valence-electron chi connectivity index (χ0n) is 12.9. The molecule has 0 unspecified atom stereocenters. The molecule has 0 heterocycles. The highest BCUT2D eigenvalue weighted by Gasteiger charge is 2.23. The lowest BCUT2D eigenvalue weighted by Crippen LogP contribution is -2.08. The number of hydrogen-bond donors (Lipinski definition) is 1. The largest absolute Gasteiger partial charge is 0.326 e.